The lowest BCUT2D eigenvalue weighted by Crippen LogP contribution is -2.07. The third-order valence-electron chi connectivity index (χ3n) is 2.92. The van der Waals surface area contributed by atoms with Gasteiger partial charge in [0, 0.05) is 11.4 Å². The molecule has 0 spiro atoms. The Morgan fingerprint density at radius 1 is 1.21 bits per heavy atom. The van der Waals surface area contributed by atoms with Crippen LogP contribution in [0.4, 0.5) is 19.0 Å². The molecule has 0 atom stereocenters. The second-order valence-electron chi connectivity index (χ2n) is 4.49. The summed E-state index contributed by atoms with van der Waals surface area (Å²) in [6.07, 6.45) is -2.33. The summed E-state index contributed by atoms with van der Waals surface area (Å²) in [5.74, 6) is 0.492. The predicted molar refractivity (Wildman–Crippen MR) is 66.2 cm³/mol. The van der Waals surface area contributed by atoms with E-state index in [1.54, 1.807) is 0 Å². The van der Waals surface area contributed by atoms with Crippen LogP contribution in [0.2, 0.25) is 5.28 Å². The van der Waals surface area contributed by atoms with E-state index in [0.29, 0.717) is 17.2 Å². The Hall–Kier alpha value is -1.56. The second-order valence-corrected chi connectivity index (χ2v) is 4.83. The molecule has 1 aromatic carbocycles. The van der Waals surface area contributed by atoms with E-state index in [0.717, 1.165) is 25.0 Å². The van der Waals surface area contributed by atoms with E-state index < -0.39 is 11.7 Å². The first-order valence-corrected chi connectivity index (χ1v) is 6.12. The maximum Gasteiger partial charge on any atom is 0.416 e. The molecule has 1 saturated carbocycles. The van der Waals surface area contributed by atoms with E-state index in [1.165, 1.54) is 6.07 Å². The number of hydrogen-bond donors (Lipinski definition) is 1. The molecule has 1 heterocycles. The van der Waals surface area contributed by atoms with Crippen LogP contribution < -0.4 is 5.32 Å². The third-order valence-corrected chi connectivity index (χ3v) is 3.08. The average Bonchev–Trinajstić information content (AvgIpc) is 3.10. The van der Waals surface area contributed by atoms with Gasteiger partial charge in [0.25, 0.3) is 0 Å². The summed E-state index contributed by atoms with van der Waals surface area (Å²) in [7, 11) is 0. The van der Waals surface area contributed by atoms with Crippen LogP contribution in [0, 0.1) is 0 Å². The molecular weight excluding hydrogens is 279 g/mol. The summed E-state index contributed by atoms with van der Waals surface area (Å²) < 4.78 is 37.9. The lowest BCUT2D eigenvalue weighted by atomic mass is 10.1. The van der Waals surface area contributed by atoms with Gasteiger partial charge in [-0.15, -0.1) is 0 Å². The number of hydrogen-bond acceptors (Lipinski definition) is 3. The van der Waals surface area contributed by atoms with Gasteiger partial charge < -0.3 is 5.32 Å². The zero-order chi connectivity index (χ0) is 13.6. The van der Waals surface area contributed by atoms with Crippen molar-refractivity contribution in [2.24, 2.45) is 0 Å². The Morgan fingerprint density at radius 2 is 1.95 bits per heavy atom. The Morgan fingerprint density at radius 3 is 2.58 bits per heavy atom. The number of anilines is 1. The van der Waals surface area contributed by atoms with E-state index >= 15 is 0 Å². The van der Waals surface area contributed by atoms with Gasteiger partial charge in [-0.1, -0.05) is 0 Å². The Bertz CT molecular complexity index is 638. The monoisotopic (exact) mass is 287 g/mol. The first-order chi connectivity index (χ1) is 8.93. The summed E-state index contributed by atoms with van der Waals surface area (Å²) in [6.45, 7) is 0. The van der Waals surface area contributed by atoms with Crippen LogP contribution in [0.3, 0.4) is 0 Å². The zero-order valence-electron chi connectivity index (χ0n) is 9.63. The van der Waals surface area contributed by atoms with Gasteiger partial charge in [0.05, 0.1) is 11.1 Å². The molecule has 0 bridgehead atoms. The highest BCUT2D eigenvalue weighted by atomic mass is 35.5. The smallest absolute Gasteiger partial charge is 0.367 e. The topological polar surface area (TPSA) is 37.8 Å². The molecule has 0 amide bonds. The molecule has 2 aromatic rings. The predicted octanol–water partition coefficient (Wildman–Crippen LogP) is 3.88. The van der Waals surface area contributed by atoms with Gasteiger partial charge in [-0.3, -0.25) is 0 Å². The molecule has 0 aliphatic heterocycles. The van der Waals surface area contributed by atoms with Gasteiger partial charge in [-0.2, -0.15) is 13.2 Å². The molecule has 100 valence electrons. The molecule has 3 rings (SSSR count). The molecule has 19 heavy (non-hydrogen) atoms. The van der Waals surface area contributed by atoms with Crippen molar-refractivity contribution in [1.82, 2.24) is 9.97 Å². The summed E-state index contributed by atoms with van der Waals surface area (Å²) in [5.41, 5.74) is -0.551. The van der Waals surface area contributed by atoms with Crippen LogP contribution in [0.25, 0.3) is 10.9 Å². The van der Waals surface area contributed by atoms with Crippen LogP contribution in [-0.4, -0.2) is 16.0 Å². The average molecular weight is 288 g/mol. The third kappa shape index (κ3) is 2.58. The van der Waals surface area contributed by atoms with Gasteiger partial charge >= 0.3 is 6.18 Å². The van der Waals surface area contributed by atoms with Crippen molar-refractivity contribution < 1.29 is 13.2 Å². The van der Waals surface area contributed by atoms with Crippen molar-refractivity contribution in [3.05, 3.63) is 29.0 Å². The largest absolute Gasteiger partial charge is 0.416 e. The molecule has 1 aromatic heterocycles. The van der Waals surface area contributed by atoms with Crippen molar-refractivity contribution in [1.29, 1.82) is 0 Å². The van der Waals surface area contributed by atoms with E-state index in [2.05, 4.69) is 15.3 Å². The van der Waals surface area contributed by atoms with Crippen LogP contribution >= 0.6 is 11.6 Å². The standard InChI is InChI=1S/C12H9ClF3N3/c13-11-18-9-5-6(12(14,15)16)1-4-8(9)10(19-11)17-7-2-3-7/h1,4-5,7H,2-3H2,(H,17,18,19). The van der Waals surface area contributed by atoms with Gasteiger partial charge in [-0.05, 0) is 42.6 Å². The first kappa shape index (κ1) is 12.5. The quantitative estimate of drug-likeness (QED) is 0.852. The number of benzene rings is 1. The molecule has 0 saturated heterocycles. The van der Waals surface area contributed by atoms with Crippen LogP contribution in [0.5, 0.6) is 0 Å². The highest BCUT2D eigenvalue weighted by Crippen LogP contribution is 2.34. The molecule has 3 nitrogen and oxygen atoms in total. The molecular formula is C12H9ClF3N3. The number of fused-ring (bicyclic) bond motifs is 1. The number of halogens is 4. The van der Waals surface area contributed by atoms with Crippen molar-refractivity contribution in [2.75, 3.05) is 5.32 Å². The summed E-state index contributed by atoms with van der Waals surface area (Å²) in [4.78, 5) is 7.89. The number of rotatable bonds is 2. The molecule has 1 fully saturated rings. The summed E-state index contributed by atoms with van der Waals surface area (Å²) >= 11 is 5.75. The Kier molecular flexibility index (Phi) is 2.78. The molecule has 1 aliphatic carbocycles. The lowest BCUT2D eigenvalue weighted by molar-refractivity contribution is -0.137. The molecule has 7 heteroatoms. The van der Waals surface area contributed by atoms with Gasteiger partial charge in [0.2, 0.25) is 5.28 Å². The minimum atomic E-state index is -4.39. The highest BCUT2D eigenvalue weighted by Gasteiger charge is 2.31. The molecule has 1 aliphatic rings. The normalized spacial score (nSPS) is 15.8. The molecule has 1 N–H and O–H groups in total. The van der Waals surface area contributed by atoms with E-state index in [9.17, 15) is 13.2 Å². The Labute approximate surface area is 111 Å². The minimum absolute atomic E-state index is 0.0602. The van der Waals surface area contributed by atoms with Gasteiger partial charge in [0.15, 0.2) is 0 Å². The van der Waals surface area contributed by atoms with Crippen molar-refractivity contribution in [2.45, 2.75) is 25.1 Å². The van der Waals surface area contributed by atoms with Gasteiger partial charge in [0.1, 0.15) is 5.82 Å². The molecule has 0 radical (unpaired) electrons. The second kappa shape index (κ2) is 4.23. The van der Waals surface area contributed by atoms with Crippen molar-refractivity contribution in [3.63, 3.8) is 0 Å². The molecule has 0 unspecified atom stereocenters. The highest BCUT2D eigenvalue weighted by molar-refractivity contribution is 6.28. The summed E-state index contributed by atoms with van der Waals surface area (Å²) in [6, 6.07) is 3.72. The lowest BCUT2D eigenvalue weighted by Gasteiger charge is -2.10. The number of nitrogens with zero attached hydrogens (tertiary/aromatic N) is 2. The fraction of sp³-hybridized carbons (Fsp3) is 0.333. The van der Waals surface area contributed by atoms with E-state index in [1.807, 2.05) is 0 Å². The SMILES string of the molecule is FC(F)(F)c1ccc2c(NC3CC3)nc(Cl)nc2c1. The van der Waals surface area contributed by atoms with Gasteiger partial charge in [-0.25, -0.2) is 9.97 Å². The number of alkyl halides is 3. The Balaban J connectivity index is 2.12. The van der Waals surface area contributed by atoms with Crippen molar-refractivity contribution in [3.8, 4) is 0 Å². The number of nitrogens with one attached hydrogen (secondary N) is 1. The van der Waals surface area contributed by atoms with Crippen LogP contribution in [0.15, 0.2) is 18.2 Å². The first-order valence-electron chi connectivity index (χ1n) is 5.74. The van der Waals surface area contributed by atoms with Crippen LogP contribution in [-0.2, 0) is 6.18 Å². The van der Waals surface area contributed by atoms with E-state index in [4.69, 9.17) is 11.6 Å². The maximum atomic E-state index is 12.6. The van der Waals surface area contributed by atoms with E-state index in [-0.39, 0.29) is 10.8 Å². The van der Waals surface area contributed by atoms with Crippen LogP contribution in [0.1, 0.15) is 18.4 Å². The fourth-order valence-electron chi connectivity index (χ4n) is 1.81. The van der Waals surface area contributed by atoms with Crippen molar-refractivity contribution >= 4 is 28.3 Å². The summed E-state index contributed by atoms with van der Waals surface area (Å²) in [5, 5.41) is 3.63. The minimum Gasteiger partial charge on any atom is -0.367 e. The fourth-order valence-corrected chi connectivity index (χ4v) is 1.98. The zero-order valence-corrected chi connectivity index (χ0v) is 10.4. The maximum absolute atomic E-state index is 12.6. The number of aromatic nitrogens is 2.